The fourth-order valence-electron chi connectivity index (χ4n) is 2.42. The highest BCUT2D eigenvalue weighted by molar-refractivity contribution is 5.96. The molecular formula is C12H13NO2. The van der Waals surface area contributed by atoms with Crippen LogP contribution >= 0.6 is 0 Å². The maximum atomic E-state index is 11.8. The molecule has 0 bridgehead atoms. The molecule has 1 aromatic rings. The SMILES string of the molecule is O=C1OC2CCCC2Nc2ccccc21. The molecule has 1 heterocycles. The molecule has 1 aromatic carbocycles. The minimum atomic E-state index is -0.187. The molecule has 0 radical (unpaired) electrons. The third kappa shape index (κ3) is 1.39. The fourth-order valence-corrected chi connectivity index (χ4v) is 2.42. The molecule has 1 aliphatic heterocycles. The smallest absolute Gasteiger partial charge is 0.340 e. The lowest BCUT2D eigenvalue weighted by Crippen LogP contribution is -2.29. The Bertz CT molecular complexity index is 402. The number of hydrogen-bond donors (Lipinski definition) is 1. The number of rotatable bonds is 0. The van der Waals surface area contributed by atoms with Gasteiger partial charge in [-0.2, -0.15) is 0 Å². The van der Waals surface area contributed by atoms with Crippen LogP contribution in [-0.2, 0) is 4.74 Å². The number of carbonyl (C=O) groups excluding carboxylic acids is 1. The van der Waals surface area contributed by atoms with E-state index in [4.69, 9.17) is 4.74 Å². The van der Waals surface area contributed by atoms with Gasteiger partial charge in [0, 0.05) is 5.69 Å². The largest absolute Gasteiger partial charge is 0.457 e. The van der Waals surface area contributed by atoms with Crippen molar-refractivity contribution in [1.29, 1.82) is 0 Å². The molecule has 78 valence electrons. The van der Waals surface area contributed by atoms with Gasteiger partial charge in [0.15, 0.2) is 0 Å². The van der Waals surface area contributed by atoms with Crippen molar-refractivity contribution in [2.75, 3.05) is 5.32 Å². The van der Waals surface area contributed by atoms with Gasteiger partial charge in [0.1, 0.15) is 6.10 Å². The number of esters is 1. The van der Waals surface area contributed by atoms with Crippen LogP contribution in [-0.4, -0.2) is 18.1 Å². The average molecular weight is 203 g/mol. The summed E-state index contributed by atoms with van der Waals surface area (Å²) in [7, 11) is 0. The van der Waals surface area contributed by atoms with Gasteiger partial charge in [0.2, 0.25) is 0 Å². The Balaban J connectivity index is 2.02. The average Bonchev–Trinajstić information content (AvgIpc) is 2.61. The summed E-state index contributed by atoms with van der Waals surface area (Å²) < 4.78 is 5.46. The van der Waals surface area contributed by atoms with Gasteiger partial charge in [-0.15, -0.1) is 0 Å². The van der Waals surface area contributed by atoms with Crippen LogP contribution in [0.1, 0.15) is 29.6 Å². The lowest BCUT2D eigenvalue weighted by atomic mass is 10.1. The van der Waals surface area contributed by atoms with Crippen LogP contribution in [0.2, 0.25) is 0 Å². The normalized spacial score (nSPS) is 28.4. The Kier molecular flexibility index (Phi) is 1.91. The minimum Gasteiger partial charge on any atom is -0.457 e. The molecule has 0 amide bonds. The topological polar surface area (TPSA) is 38.3 Å². The Morgan fingerprint density at radius 2 is 2.13 bits per heavy atom. The highest BCUT2D eigenvalue weighted by Crippen LogP contribution is 2.31. The van der Waals surface area contributed by atoms with Gasteiger partial charge >= 0.3 is 5.97 Å². The van der Waals surface area contributed by atoms with E-state index in [9.17, 15) is 4.79 Å². The molecule has 1 N–H and O–H groups in total. The zero-order valence-electron chi connectivity index (χ0n) is 8.40. The quantitative estimate of drug-likeness (QED) is 0.657. The van der Waals surface area contributed by atoms with Crippen LogP contribution in [0.5, 0.6) is 0 Å². The standard InChI is InChI=1S/C12H13NO2/c14-12-8-4-1-2-5-9(8)13-10-6-3-7-11(10)15-12/h1-2,4-5,10-11,13H,3,6-7H2. The van der Waals surface area contributed by atoms with Gasteiger partial charge in [-0.3, -0.25) is 0 Å². The van der Waals surface area contributed by atoms with Crippen LogP contribution in [0.25, 0.3) is 0 Å². The van der Waals surface area contributed by atoms with Crippen LogP contribution in [0.3, 0.4) is 0 Å². The Hall–Kier alpha value is -1.51. The number of carbonyl (C=O) groups is 1. The van der Waals surface area contributed by atoms with Gasteiger partial charge in [-0.1, -0.05) is 12.1 Å². The molecule has 0 aromatic heterocycles. The summed E-state index contributed by atoms with van der Waals surface area (Å²) in [4.78, 5) is 11.8. The second-order valence-electron chi connectivity index (χ2n) is 4.17. The van der Waals surface area contributed by atoms with E-state index in [1.165, 1.54) is 0 Å². The van der Waals surface area contributed by atoms with E-state index in [1.54, 1.807) is 0 Å². The number of anilines is 1. The van der Waals surface area contributed by atoms with Crippen LogP contribution < -0.4 is 5.32 Å². The van der Waals surface area contributed by atoms with Crippen LogP contribution in [0.15, 0.2) is 24.3 Å². The van der Waals surface area contributed by atoms with E-state index >= 15 is 0 Å². The molecular weight excluding hydrogens is 190 g/mol. The summed E-state index contributed by atoms with van der Waals surface area (Å²) in [6.07, 6.45) is 3.27. The van der Waals surface area contributed by atoms with E-state index in [-0.39, 0.29) is 12.1 Å². The molecule has 1 fully saturated rings. The maximum Gasteiger partial charge on any atom is 0.340 e. The van der Waals surface area contributed by atoms with Crippen molar-refractivity contribution in [2.45, 2.75) is 31.4 Å². The maximum absolute atomic E-state index is 11.8. The molecule has 3 rings (SSSR count). The monoisotopic (exact) mass is 203 g/mol. The highest BCUT2D eigenvalue weighted by atomic mass is 16.5. The van der Waals surface area contributed by atoms with E-state index in [1.807, 2.05) is 24.3 Å². The number of hydrogen-bond acceptors (Lipinski definition) is 3. The van der Waals surface area contributed by atoms with Crippen molar-refractivity contribution in [3.63, 3.8) is 0 Å². The number of fused-ring (bicyclic) bond motifs is 2. The van der Waals surface area contributed by atoms with Gasteiger partial charge in [0.25, 0.3) is 0 Å². The van der Waals surface area contributed by atoms with Crippen LogP contribution in [0.4, 0.5) is 5.69 Å². The molecule has 3 heteroatoms. The number of ether oxygens (including phenoxy) is 1. The fraction of sp³-hybridized carbons (Fsp3) is 0.417. The molecule has 1 aliphatic carbocycles. The molecule has 1 saturated carbocycles. The highest BCUT2D eigenvalue weighted by Gasteiger charge is 2.34. The van der Waals surface area contributed by atoms with E-state index in [0.29, 0.717) is 11.6 Å². The lowest BCUT2D eigenvalue weighted by Gasteiger charge is -2.17. The zero-order chi connectivity index (χ0) is 10.3. The number of benzene rings is 1. The van der Waals surface area contributed by atoms with Crippen molar-refractivity contribution in [3.05, 3.63) is 29.8 Å². The van der Waals surface area contributed by atoms with Gasteiger partial charge in [-0.25, -0.2) is 4.79 Å². The van der Waals surface area contributed by atoms with Gasteiger partial charge in [-0.05, 0) is 31.4 Å². The second kappa shape index (κ2) is 3.26. The summed E-state index contributed by atoms with van der Waals surface area (Å²) >= 11 is 0. The summed E-state index contributed by atoms with van der Waals surface area (Å²) in [5.74, 6) is -0.187. The molecule has 0 spiro atoms. The van der Waals surface area contributed by atoms with Crippen molar-refractivity contribution in [3.8, 4) is 0 Å². The number of nitrogens with one attached hydrogen (secondary N) is 1. The van der Waals surface area contributed by atoms with E-state index in [2.05, 4.69) is 5.32 Å². The predicted octanol–water partition coefficient (Wildman–Crippen LogP) is 2.19. The zero-order valence-corrected chi connectivity index (χ0v) is 8.40. The van der Waals surface area contributed by atoms with Crippen molar-refractivity contribution < 1.29 is 9.53 Å². The number of para-hydroxylation sites is 1. The van der Waals surface area contributed by atoms with Gasteiger partial charge in [0.05, 0.1) is 11.6 Å². The van der Waals surface area contributed by atoms with Crippen molar-refractivity contribution >= 4 is 11.7 Å². The Morgan fingerprint density at radius 3 is 3.07 bits per heavy atom. The first-order chi connectivity index (χ1) is 7.34. The predicted molar refractivity (Wildman–Crippen MR) is 56.9 cm³/mol. The van der Waals surface area contributed by atoms with E-state index in [0.717, 1.165) is 24.9 Å². The van der Waals surface area contributed by atoms with Crippen molar-refractivity contribution in [2.24, 2.45) is 0 Å². The van der Waals surface area contributed by atoms with Gasteiger partial charge < -0.3 is 10.1 Å². The first-order valence-corrected chi connectivity index (χ1v) is 5.41. The Morgan fingerprint density at radius 1 is 1.27 bits per heavy atom. The first kappa shape index (κ1) is 8.77. The van der Waals surface area contributed by atoms with Crippen molar-refractivity contribution in [1.82, 2.24) is 0 Å². The summed E-state index contributed by atoms with van der Waals surface area (Å²) in [6, 6.07) is 7.86. The molecule has 0 saturated heterocycles. The molecule has 3 nitrogen and oxygen atoms in total. The van der Waals surface area contributed by atoms with E-state index < -0.39 is 0 Å². The Labute approximate surface area is 88.4 Å². The summed E-state index contributed by atoms with van der Waals surface area (Å²) in [6.45, 7) is 0. The van der Waals surface area contributed by atoms with Crippen LogP contribution in [0, 0.1) is 0 Å². The molecule has 15 heavy (non-hydrogen) atoms. The first-order valence-electron chi connectivity index (χ1n) is 5.41. The third-order valence-electron chi connectivity index (χ3n) is 3.20. The summed E-state index contributed by atoms with van der Waals surface area (Å²) in [5, 5.41) is 3.41. The third-order valence-corrected chi connectivity index (χ3v) is 3.20. The minimum absolute atomic E-state index is 0.0601. The molecule has 2 unspecified atom stereocenters. The second-order valence-corrected chi connectivity index (χ2v) is 4.17. The molecule has 2 aliphatic rings. The molecule has 2 atom stereocenters. The summed E-state index contributed by atoms with van der Waals surface area (Å²) in [5.41, 5.74) is 1.57. The lowest BCUT2D eigenvalue weighted by molar-refractivity contribution is 0.0312.